The second-order valence-corrected chi connectivity index (χ2v) is 6.28. The Kier molecular flexibility index (Phi) is 5.15. The highest BCUT2D eigenvalue weighted by Crippen LogP contribution is 2.35. The predicted octanol–water partition coefficient (Wildman–Crippen LogP) is 3.48. The minimum atomic E-state index is 0.160. The lowest BCUT2D eigenvalue weighted by Gasteiger charge is -2.15. The van der Waals surface area contributed by atoms with E-state index in [4.69, 9.17) is 11.6 Å². The van der Waals surface area contributed by atoms with Crippen molar-refractivity contribution in [2.75, 3.05) is 6.54 Å². The van der Waals surface area contributed by atoms with Crippen LogP contribution < -0.4 is 5.32 Å². The lowest BCUT2D eigenvalue weighted by Crippen LogP contribution is -2.31. The Hall–Kier alpha value is -0.240. The molecule has 2 rings (SSSR count). The maximum Gasteiger partial charge on any atom is 0.220 e. The average Bonchev–Trinajstić information content (AvgIpc) is 3.13. The molecule has 0 aromatic carbocycles. The van der Waals surface area contributed by atoms with E-state index in [2.05, 4.69) is 5.32 Å². The van der Waals surface area contributed by atoms with Gasteiger partial charge >= 0.3 is 0 Å². The third kappa shape index (κ3) is 4.87. The quantitative estimate of drug-likeness (QED) is 0.593. The van der Waals surface area contributed by atoms with Gasteiger partial charge in [-0.1, -0.05) is 25.7 Å². The van der Waals surface area contributed by atoms with Gasteiger partial charge in [-0.25, -0.2) is 0 Å². The molecule has 1 N–H and O–H groups in total. The van der Waals surface area contributed by atoms with Crippen LogP contribution in [0.4, 0.5) is 0 Å². The van der Waals surface area contributed by atoms with E-state index < -0.39 is 0 Å². The Morgan fingerprint density at radius 3 is 2.35 bits per heavy atom. The summed E-state index contributed by atoms with van der Waals surface area (Å²) >= 11 is 6.18. The first-order valence-electron chi connectivity index (χ1n) is 7.16. The summed E-state index contributed by atoms with van der Waals surface area (Å²) in [4.78, 5) is 11.8. The SMILES string of the molecule is O=C(CC1CCCCCC1)NCC(Cl)C1CC1. The number of hydrogen-bond donors (Lipinski definition) is 1. The molecule has 0 spiro atoms. The van der Waals surface area contributed by atoms with Crippen LogP contribution >= 0.6 is 11.6 Å². The van der Waals surface area contributed by atoms with Gasteiger partial charge in [-0.2, -0.15) is 0 Å². The van der Waals surface area contributed by atoms with Crippen molar-refractivity contribution in [2.45, 2.75) is 63.2 Å². The molecule has 0 bridgehead atoms. The van der Waals surface area contributed by atoms with Crippen molar-refractivity contribution < 1.29 is 4.79 Å². The number of nitrogens with one attached hydrogen (secondary N) is 1. The standard InChI is InChI=1S/C14H24ClNO/c15-13(12-7-8-12)10-16-14(17)9-11-5-3-1-2-4-6-11/h11-13H,1-10H2,(H,16,17). The molecule has 1 atom stereocenters. The number of rotatable bonds is 5. The second kappa shape index (κ2) is 6.63. The molecule has 98 valence electrons. The number of alkyl halides is 1. The van der Waals surface area contributed by atoms with Crippen molar-refractivity contribution in [3.8, 4) is 0 Å². The molecule has 2 nitrogen and oxygen atoms in total. The normalized spacial score (nSPS) is 24.1. The molecular weight excluding hydrogens is 234 g/mol. The van der Waals surface area contributed by atoms with Gasteiger partial charge in [0.25, 0.3) is 0 Å². The van der Waals surface area contributed by atoms with Gasteiger partial charge in [-0.15, -0.1) is 11.6 Å². The van der Waals surface area contributed by atoms with Crippen LogP contribution in [0, 0.1) is 11.8 Å². The zero-order chi connectivity index (χ0) is 12.1. The summed E-state index contributed by atoms with van der Waals surface area (Å²) in [5.41, 5.74) is 0. The van der Waals surface area contributed by atoms with E-state index in [0.29, 0.717) is 24.8 Å². The summed E-state index contributed by atoms with van der Waals surface area (Å²) in [6.07, 6.45) is 11.0. The fraction of sp³-hybridized carbons (Fsp3) is 0.929. The molecule has 1 amide bonds. The van der Waals surface area contributed by atoms with E-state index in [9.17, 15) is 4.79 Å². The maximum atomic E-state index is 11.8. The molecule has 0 aromatic rings. The topological polar surface area (TPSA) is 29.1 Å². The van der Waals surface area contributed by atoms with Gasteiger partial charge in [0, 0.05) is 13.0 Å². The molecular formula is C14H24ClNO. The van der Waals surface area contributed by atoms with E-state index >= 15 is 0 Å². The Bertz CT molecular complexity index is 245. The highest BCUT2D eigenvalue weighted by molar-refractivity contribution is 6.21. The molecule has 2 fully saturated rings. The van der Waals surface area contributed by atoms with E-state index in [1.54, 1.807) is 0 Å². The lowest BCUT2D eigenvalue weighted by atomic mass is 9.96. The van der Waals surface area contributed by atoms with Crippen molar-refractivity contribution in [1.82, 2.24) is 5.32 Å². The number of carbonyl (C=O) groups is 1. The number of hydrogen-bond acceptors (Lipinski definition) is 1. The largest absolute Gasteiger partial charge is 0.355 e. The minimum absolute atomic E-state index is 0.160. The molecule has 0 heterocycles. The van der Waals surface area contributed by atoms with Crippen molar-refractivity contribution in [1.29, 1.82) is 0 Å². The molecule has 2 aliphatic carbocycles. The van der Waals surface area contributed by atoms with Gasteiger partial charge in [0.2, 0.25) is 5.91 Å². The predicted molar refractivity (Wildman–Crippen MR) is 71.2 cm³/mol. The third-order valence-corrected chi connectivity index (χ3v) is 4.59. The highest BCUT2D eigenvalue weighted by atomic mass is 35.5. The van der Waals surface area contributed by atoms with Gasteiger partial charge in [-0.3, -0.25) is 4.79 Å². The van der Waals surface area contributed by atoms with Gasteiger partial charge in [0.05, 0.1) is 5.38 Å². The van der Waals surface area contributed by atoms with Crippen LogP contribution in [-0.4, -0.2) is 17.8 Å². The fourth-order valence-electron chi connectivity index (χ4n) is 2.74. The fourth-order valence-corrected chi connectivity index (χ4v) is 3.07. The van der Waals surface area contributed by atoms with E-state index in [1.807, 2.05) is 0 Å². The van der Waals surface area contributed by atoms with E-state index in [0.717, 1.165) is 0 Å². The van der Waals surface area contributed by atoms with Crippen molar-refractivity contribution in [3.05, 3.63) is 0 Å². The van der Waals surface area contributed by atoms with Crippen LogP contribution in [0.3, 0.4) is 0 Å². The van der Waals surface area contributed by atoms with Crippen LogP contribution in [-0.2, 0) is 4.79 Å². The van der Waals surface area contributed by atoms with Crippen LogP contribution in [0.15, 0.2) is 0 Å². The summed E-state index contributed by atoms with van der Waals surface area (Å²) in [5, 5.41) is 3.16. The van der Waals surface area contributed by atoms with Crippen LogP contribution in [0.25, 0.3) is 0 Å². The molecule has 1 unspecified atom stereocenters. The first kappa shape index (κ1) is 13.2. The highest BCUT2D eigenvalue weighted by Gasteiger charge is 2.29. The Labute approximate surface area is 109 Å². The van der Waals surface area contributed by atoms with Crippen molar-refractivity contribution in [3.63, 3.8) is 0 Å². The number of carbonyl (C=O) groups excluding carboxylic acids is 1. The maximum absolute atomic E-state index is 11.8. The monoisotopic (exact) mass is 257 g/mol. The van der Waals surface area contributed by atoms with Crippen LogP contribution in [0.5, 0.6) is 0 Å². The molecule has 0 radical (unpaired) electrons. The van der Waals surface area contributed by atoms with Crippen molar-refractivity contribution in [2.24, 2.45) is 11.8 Å². The first-order valence-corrected chi connectivity index (χ1v) is 7.60. The number of halogens is 1. The molecule has 17 heavy (non-hydrogen) atoms. The van der Waals surface area contributed by atoms with Gasteiger partial charge in [0.1, 0.15) is 0 Å². The van der Waals surface area contributed by atoms with E-state index in [1.165, 1.54) is 51.4 Å². The smallest absolute Gasteiger partial charge is 0.220 e. The van der Waals surface area contributed by atoms with Gasteiger partial charge in [0.15, 0.2) is 0 Å². The Morgan fingerprint density at radius 1 is 1.12 bits per heavy atom. The molecule has 3 heteroatoms. The molecule has 0 aliphatic heterocycles. The molecule has 2 aliphatic rings. The summed E-state index contributed by atoms with van der Waals surface area (Å²) in [7, 11) is 0. The van der Waals surface area contributed by atoms with Crippen molar-refractivity contribution >= 4 is 17.5 Å². The zero-order valence-corrected chi connectivity index (χ0v) is 11.3. The van der Waals surface area contributed by atoms with Gasteiger partial charge < -0.3 is 5.32 Å². The first-order chi connectivity index (χ1) is 8.25. The summed E-state index contributed by atoms with van der Waals surface area (Å²) in [6.45, 7) is 0.664. The minimum Gasteiger partial charge on any atom is -0.355 e. The molecule has 0 saturated heterocycles. The lowest BCUT2D eigenvalue weighted by molar-refractivity contribution is -0.122. The molecule has 2 saturated carbocycles. The van der Waals surface area contributed by atoms with Crippen LogP contribution in [0.2, 0.25) is 0 Å². The third-order valence-electron chi connectivity index (χ3n) is 4.08. The summed E-state index contributed by atoms with van der Waals surface area (Å²) < 4.78 is 0. The van der Waals surface area contributed by atoms with E-state index in [-0.39, 0.29) is 11.3 Å². The average molecular weight is 258 g/mol. The van der Waals surface area contributed by atoms with Gasteiger partial charge in [-0.05, 0) is 37.5 Å². The Balaban J connectivity index is 1.61. The summed E-state index contributed by atoms with van der Waals surface area (Å²) in [6, 6.07) is 0. The summed E-state index contributed by atoms with van der Waals surface area (Å²) in [5.74, 6) is 1.49. The Morgan fingerprint density at radius 2 is 1.76 bits per heavy atom. The molecule has 0 aromatic heterocycles. The zero-order valence-electron chi connectivity index (χ0n) is 10.6. The number of amides is 1. The van der Waals surface area contributed by atoms with Crippen LogP contribution in [0.1, 0.15) is 57.8 Å². The second-order valence-electron chi connectivity index (χ2n) is 5.72.